The fourth-order valence-electron chi connectivity index (χ4n) is 4.74. The van der Waals surface area contributed by atoms with Gasteiger partial charge in [-0.1, -0.05) is 83.5 Å². The maximum atomic E-state index is 12.8. The predicted octanol–water partition coefficient (Wildman–Crippen LogP) is 6.59. The van der Waals surface area contributed by atoms with Gasteiger partial charge in [-0.3, -0.25) is 9.59 Å². The van der Waals surface area contributed by atoms with Crippen LogP contribution in [0.1, 0.15) is 53.8 Å². The highest BCUT2D eigenvalue weighted by molar-refractivity contribution is 5.85. The van der Waals surface area contributed by atoms with Crippen LogP contribution in [0.25, 0.3) is 22.5 Å². The van der Waals surface area contributed by atoms with Crippen LogP contribution in [-0.4, -0.2) is 22.2 Å². The Labute approximate surface area is 215 Å². The van der Waals surface area contributed by atoms with Crippen molar-refractivity contribution in [3.8, 4) is 22.5 Å². The Balaban J connectivity index is 1.30. The number of ether oxygens (including phenoxy) is 1. The standard InChI is InChI=1S/C31H29NO5/c1-19-5-4-6-25(17-19)21(3)36-28(33)18-27-20(2)32-37-29(27)24-9-7-22(8-10-24)23-11-13-26(14-12-23)31(15-16-31)30(34)35/h4-14,17,21H,15-16,18H2,1-3H3,(H,34,35)/t21-/m1/s1. The first-order valence-corrected chi connectivity index (χ1v) is 12.4. The highest BCUT2D eigenvalue weighted by Crippen LogP contribution is 2.48. The number of aromatic nitrogens is 1. The number of carboxylic acids is 1. The first-order chi connectivity index (χ1) is 17.8. The molecule has 0 saturated heterocycles. The molecule has 0 aliphatic heterocycles. The maximum Gasteiger partial charge on any atom is 0.314 e. The van der Waals surface area contributed by atoms with E-state index in [1.807, 2.05) is 93.6 Å². The van der Waals surface area contributed by atoms with E-state index in [-0.39, 0.29) is 18.5 Å². The third kappa shape index (κ3) is 4.92. The molecule has 6 heteroatoms. The van der Waals surface area contributed by atoms with Crippen LogP contribution in [0.15, 0.2) is 77.3 Å². The molecule has 1 saturated carbocycles. The quantitative estimate of drug-likeness (QED) is 0.277. The molecule has 37 heavy (non-hydrogen) atoms. The molecule has 0 spiro atoms. The summed E-state index contributed by atoms with van der Waals surface area (Å²) in [5, 5.41) is 13.6. The van der Waals surface area contributed by atoms with Gasteiger partial charge in [0.05, 0.1) is 17.5 Å². The van der Waals surface area contributed by atoms with Gasteiger partial charge in [0, 0.05) is 11.1 Å². The van der Waals surface area contributed by atoms with Crippen LogP contribution >= 0.6 is 0 Å². The average Bonchev–Trinajstić information content (AvgIpc) is 3.64. The van der Waals surface area contributed by atoms with Crippen LogP contribution in [0.3, 0.4) is 0 Å². The van der Waals surface area contributed by atoms with Gasteiger partial charge in [-0.25, -0.2) is 0 Å². The van der Waals surface area contributed by atoms with Crippen molar-refractivity contribution in [2.75, 3.05) is 0 Å². The zero-order chi connectivity index (χ0) is 26.2. The van der Waals surface area contributed by atoms with Crippen LogP contribution in [0, 0.1) is 13.8 Å². The Morgan fingerprint density at radius 3 is 2.19 bits per heavy atom. The number of benzene rings is 3. The molecule has 3 aromatic carbocycles. The number of aryl methyl sites for hydroxylation is 2. The molecule has 5 rings (SSSR count). The van der Waals surface area contributed by atoms with E-state index < -0.39 is 11.4 Å². The van der Waals surface area contributed by atoms with Crippen LogP contribution < -0.4 is 0 Å². The van der Waals surface area contributed by atoms with Gasteiger partial charge >= 0.3 is 11.9 Å². The Morgan fingerprint density at radius 1 is 0.973 bits per heavy atom. The molecule has 1 heterocycles. The third-order valence-electron chi connectivity index (χ3n) is 7.20. The van der Waals surface area contributed by atoms with E-state index in [1.54, 1.807) is 0 Å². The molecule has 0 amide bonds. The van der Waals surface area contributed by atoms with E-state index >= 15 is 0 Å². The molecule has 1 aromatic heterocycles. The molecule has 0 radical (unpaired) electrons. The second-order valence-corrected chi connectivity index (χ2v) is 9.84. The second kappa shape index (κ2) is 9.69. The summed E-state index contributed by atoms with van der Waals surface area (Å²) >= 11 is 0. The minimum atomic E-state index is -0.753. The first kappa shape index (κ1) is 24.5. The summed E-state index contributed by atoms with van der Waals surface area (Å²) < 4.78 is 11.3. The summed E-state index contributed by atoms with van der Waals surface area (Å²) in [6.07, 6.45) is 1.09. The molecule has 4 aromatic rings. The number of hydrogen-bond acceptors (Lipinski definition) is 5. The van der Waals surface area contributed by atoms with Crippen molar-refractivity contribution in [3.05, 3.63) is 101 Å². The van der Waals surface area contributed by atoms with Gasteiger partial charge in [0.1, 0.15) is 6.10 Å². The zero-order valence-electron chi connectivity index (χ0n) is 21.2. The summed E-state index contributed by atoms with van der Waals surface area (Å²) in [6.45, 7) is 5.69. The molecule has 1 N–H and O–H groups in total. The molecule has 0 unspecified atom stereocenters. The SMILES string of the molecule is Cc1cccc([C@@H](C)OC(=O)Cc2c(C)noc2-c2ccc(-c3ccc(C4(C(=O)O)CC4)cc3)cc2)c1. The normalized spacial score (nSPS) is 14.7. The number of aliphatic carboxylic acids is 1. The van der Waals surface area contributed by atoms with Crippen molar-refractivity contribution < 1.29 is 24.0 Å². The summed E-state index contributed by atoms with van der Waals surface area (Å²) in [4.78, 5) is 24.4. The lowest BCUT2D eigenvalue weighted by Gasteiger charge is -2.14. The summed E-state index contributed by atoms with van der Waals surface area (Å²) in [6, 6.07) is 23.5. The number of carbonyl (C=O) groups is 2. The molecule has 1 aliphatic rings. The molecular formula is C31H29NO5. The lowest BCUT2D eigenvalue weighted by Crippen LogP contribution is -2.19. The molecular weight excluding hydrogens is 466 g/mol. The zero-order valence-corrected chi connectivity index (χ0v) is 21.2. The summed E-state index contributed by atoms with van der Waals surface area (Å²) in [5.74, 6) is -0.541. The smallest absolute Gasteiger partial charge is 0.314 e. The van der Waals surface area contributed by atoms with Crippen molar-refractivity contribution in [3.63, 3.8) is 0 Å². The van der Waals surface area contributed by atoms with Crippen molar-refractivity contribution in [1.82, 2.24) is 5.16 Å². The molecule has 1 atom stereocenters. The minimum absolute atomic E-state index is 0.0648. The summed E-state index contributed by atoms with van der Waals surface area (Å²) in [7, 11) is 0. The van der Waals surface area contributed by atoms with Gasteiger partial charge in [0.15, 0.2) is 5.76 Å². The lowest BCUT2D eigenvalue weighted by molar-refractivity contribution is -0.147. The monoisotopic (exact) mass is 495 g/mol. The van der Waals surface area contributed by atoms with Crippen LogP contribution in [0.2, 0.25) is 0 Å². The Hall–Kier alpha value is -4.19. The van der Waals surface area contributed by atoms with E-state index in [2.05, 4.69) is 5.16 Å². The van der Waals surface area contributed by atoms with Crippen LogP contribution in [0.4, 0.5) is 0 Å². The number of esters is 1. The van der Waals surface area contributed by atoms with E-state index in [0.717, 1.165) is 33.4 Å². The fraction of sp³-hybridized carbons (Fsp3) is 0.258. The fourth-order valence-corrected chi connectivity index (χ4v) is 4.74. The largest absolute Gasteiger partial charge is 0.481 e. The first-order valence-electron chi connectivity index (χ1n) is 12.4. The van der Waals surface area contributed by atoms with E-state index in [4.69, 9.17) is 9.26 Å². The van der Waals surface area contributed by atoms with Crippen molar-refractivity contribution in [2.45, 2.75) is 51.6 Å². The average molecular weight is 496 g/mol. The lowest BCUT2D eigenvalue weighted by atomic mass is 9.93. The van der Waals surface area contributed by atoms with E-state index in [1.165, 1.54) is 0 Å². The van der Waals surface area contributed by atoms with Crippen molar-refractivity contribution in [1.29, 1.82) is 0 Å². The maximum absolute atomic E-state index is 12.8. The van der Waals surface area contributed by atoms with Gasteiger partial charge in [0.2, 0.25) is 0 Å². The number of nitrogens with zero attached hydrogens (tertiary/aromatic N) is 1. The van der Waals surface area contributed by atoms with E-state index in [0.29, 0.717) is 29.9 Å². The van der Waals surface area contributed by atoms with Gasteiger partial charge in [-0.05, 0) is 55.9 Å². The molecule has 1 fully saturated rings. The van der Waals surface area contributed by atoms with Crippen LogP contribution in [0.5, 0.6) is 0 Å². The van der Waals surface area contributed by atoms with Gasteiger partial charge < -0.3 is 14.4 Å². The number of carboxylic acid groups (broad SMARTS) is 1. The van der Waals surface area contributed by atoms with Gasteiger partial charge in [0.25, 0.3) is 0 Å². The third-order valence-corrected chi connectivity index (χ3v) is 7.20. The highest BCUT2D eigenvalue weighted by atomic mass is 16.5. The van der Waals surface area contributed by atoms with Crippen molar-refractivity contribution in [2.24, 2.45) is 0 Å². The van der Waals surface area contributed by atoms with Crippen LogP contribution in [-0.2, 0) is 26.2 Å². The highest BCUT2D eigenvalue weighted by Gasteiger charge is 2.51. The number of hydrogen-bond donors (Lipinski definition) is 1. The Morgan fingerprint density at radius 2 is 1.59 bits per heavy atom. The number of carbonyl (C=O) groups excluding carboxylic acids is 1. The topological polar surface area (TPSA) is 89.6 Å². The molecule has 188 valence electrons. The van der Waals surface area contributed by atoms with Gasteiger partial charge in [-0.15, -0.1) is 0 Å². The molecule has 6 nitrogen and oxygen atoms in total. The van der Waals surface area contributed by atoms with Crippen molar-refractivity contribution >= 4 is 11.9 Å². The summed E-state index contributed by atoms with van der Waals surface area (Å²) in [5.41, 5.74) is 6.40. The Kier molecular flexibility index (Phi) is 6.42. The predicted molar refractivity (Wildman–Crippen MR) is 140 cm³/mol. The molecule has 1 aliphatic carbocycles. The second-order valence-electron chi connectivity index (χ2n) is 9.84. The number of rotatable bonds is 8. The molecule has 0 bridgehead atoms. The van der Waals surface area contributed by atoms with E-state index in [9.17, 15) is 14.7 Å². The Bertz CT molecular complexity index is 1450. The minimum Gasteiger partial charge on any atom is -0.481 e. The van der Waals surface area contributed by atoms with Gasteiger partial charge in [-0.2, -0.15) is 0 Å².